The minimum atomic E-state index is -0.964. The second kappa shape index (κ2) is 10.7. The normalized spacial score (nSPS) is 21.3. The number of likely N-dealkylation sites (tertiary alicyclic amines) is 1. The molecule has 2 aliphatic rings. The molecule has 1 aromatic heterocycles. The number of aromatic nitrogens is 1. The number of rotatable bonds is 6. The van der Waals surface area contributed by atoms with Gasteiger partial charge in [-0.1, -0.05) is 36.2 Å². The van der Waals surface area contributed by atoms with E-state index in [4.69, 9.17) is 23.2 Å². The topological polar surface area (TPSA) is 42.8 Å². The largest absolute Gasteiger partial charge is 0.386 e. The first kappa shape index (κ1) is 25.6. The van der Waals surface area contributed by atoms with Crippen LogP contribution in [0.25, 0.3) is 0 Å². The molecule has 2 saturated heterocycles. The number of benzene rings is 1. The summed E-state index contributed by atoms with van der Waals surface area (Å²) in [4.78, 5) is 11.9. The highest BCUT2D eigenvalue weighted by molar-refractivity contribution is 6.33. The summed E-state index contributed by atoms with van der Waals surface area (Å²) in [5, 5.41) is 11.3. The number of pyridine rings is 1. The van der Waals surface area contributed by atoms with Crippen molar-refractivity contribution in [2.75, 3.05) is 37.6 Å². The molecular weight excluding hydrogens is 474 g/mol. The van der Waals surface area contributed by atoms with Gasteiger partial charge in [0.2, 0.25) is 0 Å². The fourth-order valence-corrected chi connectivity index (χ4v) is 5.65. The molecule has 0 bridgehead atoms. The molecule has 2 aliphatic heterocycles. The molecule has 1 unspecified atom stereocenters. The van der Waals surface area contributed by atoms with Crippen molar-refractivity contribution in [2.24, 2.45) is 0 Å². The standard InChI is InChI=1S/C26H35Cl2FN4O/c1-4-21-17-32(25-23(28)13-19(15-30-25)26(2,3)34)11-12-33(21)22-7-9-31(10-8-22)16-18-5-6-20(27)14-24(18)29/h5-6,13-15,21-22,34H,4,7-12,16-17H2,1-3H3. The number of hydrogen-bond donors (Lipinski definition) is 1. The van der Waals surface area contributed by atoms with Crippen LogP contribution in [0.3, 0.4) is 0 Å². The third kappa shape index (κ3) is 5.85. The average Bonchev–Trinajstić information content (AvgIpc) is 2.80. The quantitative estimate of drug-likeness (QED) is 0.571. The first-order valence-electron chi connectivity index (χ1n) is 12.2. The van der Waals surface area contributed by atoms with Gasteiger partial charge in [-0.25, -0.2) is 9.37 Å². The lowest BCUT2D eigenvalue weighted by Crippen LogP contribution is -2.58. The number of piperidine rings is 1. The Morgan fingerprint density at radius 3 is 2.47 bits per heavy atom. The van der Waals surface area contributed by atoms with Crippen molar-refractivity contribution in [2.45, 2.75) is 64.3 Å². The third-order valence-electron chi connectivity index (χ3n) is 7.26. The van der Waals surface area contributed by atoms with E-state index in [1.807, 2.05) is 6.07 Å². The van der Waals surface area contributed by atoms with Gasteiger partial charge in [0.1, 0.15) is 11.6 Å². The Balaban J connectivity index is 1.35. The fourth-order valence-electron chi connectivity index (χ4n) is 5.20. The number of halogens is 3. The van der Waals surface area contributed by atoms with Crippen LogP contribution in [0.2, 0.25) is 10.0 Å². The highest BCUT2D eigenvalue weighted by atomic mass is 35.5. The Morgan fingerprint density at radius 2 is 1.85 bits per heavy atom. The summed E-state index contributed by atoms with van der Waals surface area (Å²) in [5.74, 6) is 0.576. The lowest BCUT2D eigenvalue weighted by molar-refractivity contribution is 0.0607. The van der Waals surface area contributed by atoms with Gasteiger partial charge in [0.25, 0.3) is 0 Å². The summed E-state index contributed by atoms with van der Waals surface area (Å²) in [7, 11) is 0. The average molecular weight is 509 g/mol. The molecule has 8 heteroatoms. The van der Waals surface area contributed by atoms with E-state index in [2.05, 4.69) is 26.6 Å². The van der Waals surface area contributed by atoms with Crippen LogP contribution in [0.5, 0.6) is 0 Å². The Morgan fingerprint density at radius 1 is 1.12 bits per heavy atom. The van der Waals surface area contributed by atoms with Crippen LogP contribution in [0, 0.1) is 5.82 Å². The number of piperazine rings is 1. The van der Waals surface area contributed by atoms with E-state index in [-0.39, 0.29) is 5.82 Å². The van der Waals surface area contributed by atoms with Gasteiger partial charge < -0.3 is 10.0 Å². The van der Waals surface area contributed by atoms with Gasteiger partial charge in [-0.3, -0.25) is 9.80 Å². The molecule has 0 spiro atoms. The summed E-state index contributed by atoms with van der Waals surface area (Å²) >= 11 is 12.5. The van der Waals surface area contributed by atoms with Crippen LogP contribution in [-0.4, -0.2) is 64.7 Å². The summed E-state index contributed by atoms with van der Waals surface area (Å²) in [6.45, 7) is 11.0. The first-order chi connectivity index (χ1) is 16.2. The van der Waals surface area contributed by atoms with Crippen molar-refractivity contribution in [1.82, 2.24) is 14.8 Å². The van der Waals surface area contributed by atoms with Crippen molar-refractivity contribution < 1.29 is 9.50 Å². The van der Waals surface area contributed by atoms with Crippen LogP contribution in [0.15, 0.2) is 30.5 Å². The van der Waals surface area contributed by atoms with Crippen LogP contribution >= 0.6 is 23.2 Å². The van der Waals surface area contributed by atoms with Crippen LogP contribution in [0.1, 0.15) is 51.2 Å². The van der Waals surface area contributed by atoms with Crippen LogP contribution in [-0.2, 0) is 12.1 Å². The highest BCUT2D eigenvalue weighted by Crippen LogP contribution is 2.32. The Labute approximate surface area is 212 Å². The summed E-state index contributed by atoms with van der Waals surface area (Å²) in [6, 6.07) is 7.76. The Kier molecular flexibility index (Phi) is 8.05. The maximum atomic E-state index is 14.2. The van der Waals surface area contributed by atoms with E-state index >= 15 is 0 Å². The molecule has 2 fully saturated rings. The predicted molar refractivity (Wildman–Crippen MR) is 137 cm³/mol. The molecule has 1 atom stereocenters. The maximum Gasteiger partial charge on any atom is 0.147 e. The lowest BCUT2D eigenvalue weighted by atomic mass is 9.97. The predicted octanol–water partition coefficient (Wildman–Crippen LogP) is 5.32. The monoisotopic (exact) mass is 508 g/mol. The first-order valence-corrected chi connectivity index (χ1v) is 13.0. The zero-order chi connectivity index (χ0) is 24.5. The van der Waals surface area contributed by atoms with Crippen molar-refractivity contribution in [3.63, 3.8) is 0 Å². The molecule has 0 amide bonds. The molecule has 1 N–H and O–H groups in total. The molecule has 186 valence electrons. The zero-order valence-electron chi connectivity index (χ0n) is 20.3. The van der Waals surface area contributed by atoms with Crippen LogP contribution in [0.4, 0.5) is 10.2 Å². The van der Waals surface area contributed by atoms with Gasteiger partial charge in [0.05, 0.1) is 10.6 Å². The fraction of sp³-hybridized carbons (Fsp3) is 0.577. The molecule has 2 aromatic rings. The second-order valence-corrected chi connectivity index (χ2v) is 10.9. The molecule has 3 heterocycles. The van der Waals surface area contributed by atoms with E-state index in [9.17, 15) is 9.50 Å². The summed E-state index contributed by atoms with van der Waals surface area (Å²) < 4.78 is 14.2. The third-order valence-corrected chi connectivity index (χ3v) is 7.78. The van der Waals surface area contributed by atoms with Gasteiger partial charge in [-0.15, -0.1) is 0 Å². The molecule has 5 nitrogen and oxygen atoms in total. The van der Waals surface area contributed by atoms with E-state index in [0.29, 0.717) is 34.2 Å². The molecule has 0 aliphatic carbocycles. The molecule has 34 heavy (non-hydrogen) atoms. The van der Waals surface area contributed by atoms with Crippen molar-refractivity contribution in [1.29, 1.82) is 0 Å². The van der Waals surface area contributed by atoms with Crippen molar-refractivity contribution >= 4 is 29.0 Å². The summed E-state index contributed by atoms with van der Waals surface area (Å²) in [5.41, 5.74) is 0.466. The van der Waals surface area contributed by atoms with Crippen molar-refractivity contribution in [3.05, 3.63) is 57.5 Å². The summed E-state index contributed by atoms with van der Waals surface area (Å²) in [6.07, 6.45) is 4.97. The number of anilines is 1. The van der Waals surface area contributed by atoms with Gasteiger partial charge in [-0.05, 0) is 64.4 Å². The van der Waals surface area contributed by atoms with Gasteiger partial charge in [-0.2, -0.15) is 0 Å². The van der Waals surface area contributed by atoms with Gasteiger partial charge in [0.15, 0.2) is 0 Å². The SMILES string of the molecule is CCC1CN(c2ncc(C(C)(C)O)cc2Cl)CCN1C1CCN(Cc2ccc(Cl)cc2F)CC1. The molecular formula is C26H35Cl2FN4O. The zero-order valence-corrected chi connectivity index (χ0v) is 21.8. The minimum absolute atomic E-state index is 0.223. The molecule has 0 radical (unpaired) electrons. The highest BCUT2D eigenvalue weighted by Gasteiger charge is 2.34. The van der Waals surface area contributed by atoms with Crippen LogP contribution < -0.4 is 4.90 Å². The van der Waals surface area contributed by atoms with E-state index < -0.39 is 5.60 Å². The molecule has 4 rings (SSSR count). The maximum absolute atomic E-state index is 14.2. The van der Waals surface area contributed by atoms with E-state index in [1.165, 1.54) is 6.07 Å². The van der Waals surface area contributed by atoms with E-state index in [0.717, 1.165) is 63.4 Å². The number of nitrogens with zero attached hydrogens (tertiary/aromatic N) is 4. The second-order valence-electron chi connectivity index (χ2n) is 10.1. The van der Waals surface area contributed by atoms with Gasteiger partial charge >= 0.3 is 0 Å². The van der Waals surface area contributed by atoms with E-state index in [1.54, 1.807) is 32.2 Å². The molecule has 1 aromatic carbocycles. The lowest BCUT2D eigenvalue weighted by Gasteiger charge is -2.47. The smallest absolute Gasteiger partial charge is 0.147 e. The molecule has 0 saturated carbocycles. The minimum Gasteiger partial charge on any atom is -0.386 e. The number of hydrogen-bond acceptors (Lipinski definition) is 5. The Bertz CT molecular complexity index is 991. The Hall–Kier alpha value is -1.44. The van der Waals surface area contributed by atoms with Crippen molar-refractivity contribution in [3.8, 4) is 0 Å². The number of aliphatic hydroxyl groups is 1. The van der Waals surface area contributed by atoms with Gasteiger partial charge in [0, 0.05) is 60.6 Å².